The van der Waals surface area contributed by atoms with Gasteiger partial charge in [-0.15, -0.1) is 0 Å². The third-order valence-electron chi connectivity index (χ3n) is 5.70. The Balaban J connectivity index is 1.51. The van der Waals surface area contributed by atoms with E-state index in [0.717, 1.165) is 23.6 Å². The minimum atomic E-state index is 0.0482. The second kappa shape index (κ2) is 4.72. The summed E-state index contributed by atoms with van der Waals surface area (Å²) in [4.78, 5) is 16.8. The van der Waals surface area contributed by atoms with Crippen LogP contribution in [0.15, 0.2) is 18.3 Å². The summed E-state index contributed by atoms with van der Waals surface area (Å²) in [6, 6.07) is 3.71. The lowest BCUT2D eigenvalue weighted by atomic mass is 9.53. The predicted molar refractivity (Wildman–Crippen MR) is 82.2 cm³/mol. The van der Waals surface area contributed by atoms with Crippen molar-refractivity contribution in [3.05, 3.63) is 23.9 Å². The quantitative estimate of drug-likeness (QED) is 0.898. The second-order valence-electron chi connectivity index (χ2n) is 7.33. The number of carbonyl (C=O) groups is 1. The van der Waals surface area contributed by atoms with Crippen molar-refractivity contribution in [2.24, 2.45) is 17.8 Å². The van der Waals surface area contributed by atoms with Crippen molar-refractivity contribution >= 4 is 11.7 Å². The van der Waals surface area contributed by atoms with Gasteiger partial charge in [-0.2, -0.15) is 0 Å². The molecule has 112 valence electrons. The highest BCUT2D eigenvalue weighted by molar-refractivity contribution is 5.94. The molecule has 4 heteroatoms. The van der Waals surface area contributed by atoms with Crippen molar-refractivity contribution in [1.82, 2.24) is 10.3 Å². The molecule has 1 amide bonds. The number of nitrogens with zero attached hydrogens (tertiary/aromatic N) is 1. The van der Waals surface area contributed by atoms with Gasteiger partial charge in [-0.25, -0.2) is 4.98 Å². The van der Waals surface area contributed by atoms with Crippen LogP contribution in [-0.4, -0.2) is 23.5 Å². The maximum Gasteiger partial charge on any atom is 0.253 e. The van der Waals surface area contributed by atoms with Gasteiger partial charge >= 0.3 is 0 Å². The number of nitrogens with one attached hydrogen (secondary N) is 2. The summed E-state index contributed by atoms with van der Waals surface area (Å²) in [5.74, 6) is 3.39. The molecule has 21 heavy (non-hydrogen) atoms. The molecule has 4 saturated carbocycles. The molecule has 1 aromatic heterocycles. The van der Waals surface area contributed by atoms with Gasteiger partial charge in [0.25, 0.3) is 5.91 Å². The maximum atomic E-state index is 12.6. The van der Waals surface area contributed by atoms with Crippen molar-refractivity contribution in [2.75, 3.05) is 12.4 Å². The van der Waals surface area contributed by atoms with Crippen molar-refractivity contribution in [3.63, 3.8) is 0 Å². The first-order valence-electron chi connectivity index (χ1n) is 8.12. The molecule has 0 unspecified atom stereocenters. The highest BCUT2D eigenvalue weighted by Gasteiger charge is 2.51. The molecule has 2 N–H and O–H groups in total. The van der Waals surface area contributed by atoms with E-state index in [4.69, 9.17) is 0 Å². The molecule has 5 rings (SSSR count). The van der Waals surface area contributed by atoms with E-state index in [1.807, 2.05) is 19.2 Å². The number of rotatable bonds is 3. The van der Waals surface area contributed by atoms with Crippen LogP contribution in [0.2, 0.25) is 0 Å². The molecule has 1 aromatic rings. The molecule has 0 radical (unpaired) electrons. The molecule has 4 bridgehead atoms. The monoisotopic (exact) mass is 285 g/mol. The molecule has 4 aliphatic carbocycles. The molecule has 4 aliphatic rings. The van der Waals surface area contributed by atoms with Gasteiger partial charge < -0.3 is 10.6 Å². The van der Waals surface area contributed by atoms with Gasteiger partial charge in [0.05, 0.1) is 5.56 Å². The fourth-order valence-electron chi connectivity index (χ4n) is 5.25. The average Bonchev–Trinajstić information content (AvgIpc) is 2.45. The Labute approximate surface area is 125 Å². The zero-order chi connectivity index (χ0) is 14.4. The summed E-state index contributed by atoms with van der Waals surface area (Å²) < 4.78 is 0. The Hall–Kier alpha value is -1.58. The van der Waals surface area contributed by atoms with Crippen LogP contribution in [0.3, 0.4) is 0 Å². The largest absolute Gasteiger partial charge is 0.373 e. The van der Waals surface area contributed by atoms with E-state index >= 15 is 0 Å². The Morgan fingerprint density at radius 3 is 2.24 bits per heavy atom. The van der Waals surface area contributed by atoms with E-state index in [-0.39, 0.29) is 11.4 Å². The molecule has 4 fully saturated rings. The van der Waals surface area contributed by atoms with Crippen molar-refractivity contribution in [2.45, 2.75) is 44.1 Å². The Morgan fingerprint density at radius 2 is 1.76 bits per heavy atom. The zero-order valence-electron chi connectivity index (χ0n) is 12.6. The lowest BCUT2D eigenvalue weighted by molar-refractivity contribution is -0.0167. The summed E-state index contributed by atoms with van der Waals surface area (Å²) in [5.41, 5.74) is 0.748. The molecular weight excluding hydrogens is 262 g/mol. The summed E-state index contributed by atoms with van der Waals surface area (Å²) in [6.45, 7) is 0. The topological polar surface area (TPSA) is 54.0 Å². The second-order valence-corrected chi connectivity index (χ2v) is 7.33. The van der Waals surface area contributed by atoms with Gasteiger partial charge in [0, 0.05) is 18.8 Å². The highest BCUT2D eigenvalue weighted by atomic mass is 16.1. The number of hydrogen-bond donors (Lipinski definition) is 2. The van der Waals surface area contributed by atoms with Crippen molar-refractivity contribution in [1.29, 1.82) is 0 Å². The molecular formula is C17H23N3O. The van der Waals surface area contributed by atoms with Gasteiger partial charge in [-0.3, -0.25) is 4.79 Å². The van der Waals surface area contributed by atoms with Crippen LogP contribution in [-0.2, 0) is 0 Å². The predicted octanol–water partition coefficient (Wildman–Crippen LogP) is 2.82. The lowest BCUT2D eigenvalue weighted by Crippen LogP contribution is -2.59. The van der Waals surface area contributed by atoms with E-state index < -0.39 is 0 Å². The van der Waals surface area contributed by atoms with E-state index in [9.17, 15) is 4.79 Å². The number of anilines is 1. The molecule has 0 aliphatic heterocycles. The van der Waals surface area contributed by atoms with Crippen molar-refractivity contribution in [3.8, 4) is 0 Å². The minimum absolute atomic E-state index is 0.0482. The lowest BCUT2D eigenvalue weighted by Gasteiger charge is -2.56. The van der Waals surface area contributed by atoms with Gasteiger partial charge in [-0.1, -0.05) is 0 Å². The van der Waals surface area contributed by atoms with Gasteiger partial charge in [0.2, 0.25) is 0 Å². The van der Waals surface area contributed by atoms with Crippen LogP contribution < -0.4 is 10.6 Å². The number of pyridine rings is 1. The smallest absolute Gasteiger partial charge is 0.253 e. The first-order valence-corrected chi connectivity index (χ1v) is 8.12. The first-order chi connectivity index (χ1) is 10.2. The molecule has 0 atom stereocenters. The Kier molecular flexibility index (Phi) is 2.95. The van der Waals surface area contributed by atoms with Crippen LogP contribution in [0.25, 0.3) is 0 Å². The van der Waals surface area contributed by atoms with Crippen LogP contribution in [0.1, 0.15) is 48.9 Å². The van der Waals surface area contributed by atoms with Crippen molar-refractivity contribution < 1.29 is 4.79 Å². The van der Waals surface area contributed by atoms with E-state index in [1.165, 1.54) is 38.5 Å². The van der Waals surface area contributed by atoms with Crippen LogP contribution in [0, 0.1) is 17.8 Å². The summed E-state index contributed by atoms with van der Waals surface area (Å²) >= 11 is 0. The number of hydrogen-bond acceptors (Lipinski definition) is 3. The van der Waals surface area contributed by atoms with Crippen LogP contribution in [0.5, 0.6) is 0 Å². The normalized spacial score (nSPS) is 36.5. The van der Waals surface area contributed by atoms with Gasteiger partial charge in [-0.05, 0) is 68.4 Å². The summed E-state index contributed by atoms with van der Waals surface area (Å²) in [7, 11) is 1.83. The highest BCUT2D eigenvalue weighted by Crippen LogP contribution is 2.55. The molecule has 0 spiro atoms. The summed E-state index contributed by atoms with van der Waals surface area (Å²) in [5, 5.41) is 6.36. The van der Waals surface area contributed by atoms with Crippen LogP contribution in [0.4, 0.5) is 5.82 Å². The number of amides is 1. The van der Waals surface area contributed by atoms with Gasteiger partial charge in [0.1, 0.15) is 5.82 Å². The Morgan fingerprint density at radius 1 is 1.14 bits per heavy atom. The molecule has 0 aromatic carbocycles. The van der Waals surface area contributed by atoms with E-state index in [0.29, 0.717) is 5.56 Å². The van der Waals surface area contributed by atoms with Crippen LogP contribution >= 0.6 is 0 Å². The average molecular weight is 285 g/mol. The minimum Gasteiger partial charge on any atom is -0.373 e. The van der Waals surface area contributed by atoms with E-state index in [2.05, 4.69) is 15.6 Å². The first kappa shape index (κ1) is 13.1. The Bertz CT molecular complexity index is 516. The SMILES string of the molecule is CNc1ccc(C(=O)NC23CC4CC(CC(C4)C2)C3)cn1. The standard InChI is InChI=1S/C17H23N3O/c1-18-15-3-2-14(10-19-15)16(21)20-17-7-11-4-12(8-17)6-13(5-11)9-17/h2-3,10-13H,4-9H2,1H3,(H,18,19)(H,20,21). The third kappa shape index (κ3) is 2.30. The fourth-order valence-corrected chi connectivity index (χ4v) is 5.25. The zero-order valence-corrected chi connectivity index (χ0v) is 12.6. The van der Waals surface area contributed by atoms with Gasteiger partial charge in [0.15, 0.2) is 0 Å². The molecule has 0 saturated heterocycles. The third-order valence-corrected chi connectivity index (χ3v) is 5.70. The molecule has 1 heterocycles. The molecule has 4 nitrogen and oxygen atoms in total. The fraction of sp³-hybridized carbons (Fsp3) is 0.647. The maximum absolute atomic E-state index is 12.6. The number of aromatic nitrogens is 1. The number of carbonyl (C=O) groups excluding carboxylic acids is 1. The summed E-state index contributed by atoms with van der Waals surface area (Å²) in [6.07, 6.45) is 9.42. The van der Waals surface area contributed by atoms with E-state index in [1.54, 1.807) is 6.20 Å².